The summed E-state index contributed by atoms with van der Waals surface area (Å²) in [6, 6.07) is 15.7. The fourth-order valence-corrected chi connectivity index (χ4v) is 2.43. The summed E-state index contributed by atoms with van der Waals surface area (Å²) in [5, 5.41) is 11.4. The van der Waals surface area contributed by atoms with E-state index in [1.807, 2.05) is 18.2 Å². The van der Waals surface area contributed by atoms with E-state index in [1.54, 1.807) is 62.3 Å². The summed E-state index contributed by atoms with van der Waals surface area (Å²) in [6.07, 6.45) is -0.655. The number of likely N-dealkylation sites (N-methyl/N-ethyl adjacent to an activating group) is 1. The highest BCUT2D eigenvalue weighted by atomic mass is 16.5. The molecule has 1 atom stereocenters. The molecule has 26 heavy (non-hydrogen) atoms. The molecule has 2 rings (SSSR count). The maximum atomic E-state index is 12.5. The number of hydrogen-bond donors (Lipinski definition) is 1. The van der Waals surface area contributed by atoms with E-state index in [9.17, 15) is 9.59 Å². The minimum Gasteiger partial charge on any atom is -0.481 e. The van der Waals surface area contributed by atoms with Gasteiger partial charge in [0, 0.05) is 26.2 Å². The van der Waals surface area contributed by atoms with Crippen LogP contribution in [0.4, 0.5) is 0 Å². The van der Waals surface area contributed by atoms with Crippen LogP contribution in [0.1, 0.15) is 28.4 Å². The van der Waals surface area contributed by atoms with E-state index in [2.05, 4.69) is 5.32 Å². The highest BCUT2D eigenvalue weighted by Gasteiger charge is 2.19. The Bertz CT molecular complexity index is 808. The zero-order chi connectivity index (χ0) is 19.1. The molecule has 0 aromatic heterocycles. The van der Waals surface area contributed by atoms with Gasteiger partial charge in [0.1, 0.15) is 5.75 Å². The molecule has 134 valence electrons. The summed E-state index contributed by atoms with van der Waals surface area (Å²) in [7, 11) is 3.28. The third-order valence-electron chi connectivity index (χ3n) is 3.88. The van der Waals surface area contributed by atoms with E-state index in [1.165, 1.54) is 0 Å². The third-order valence-corrected chi connectivity index (χ3v) is 3.88. The van der Waals surface area contributed by atoms with Crippen LogP contribution in [0.25, 0.3) is 0 Å². The van der Waals surface area contributed by atoms with Crippen molar-refractivity contribution in [2.45, 2.75) is 19.6 Å². The number of nitriles is 1. The molecule has 2 aromatic rings. The minimum absolute atomic E-state index is 0.148. The van der Waals surface area contributed by atoms with Gasteiger partial charge in [0.15, 0.2) is 6.10 Å². The number of nitrogens with one attached hydrogen (secondary N) is 1. The maximum absolute atomic E-state index is 12.5. The van der Waals surface area contributed by atoms with Gasteiger partial charge in [-0.15, -0.1) is 0 Å². The average Bonchev–Trinajstić information content (AvgIpc) is 2.67. The van der Waals surface area contributed by atoms with Crippen LogP contribution in [0.3, 0.4) is 0 Å². The molecule has 0 saturated carbocycles. The molecule has 0 aliphatic carbocycles. The number of benzene rings is 2. The molecule has 6 nitrogen and oxygen atoms in total. The molecule has 1 unspecified atom stereocenters. The molecule has 0 heterocycles. The molecule has 6 heteroatoms. The molecule has 0 aliphatic rings. The average molecular weight is 351 g/mol. The van der Waals surface area contributed by atoms with Gasteiger partial charge in [-0.2, -0.15) is 5.26 Å². The van der Waals surface area contributed by atoms with Gasteiger partial charge < -0.3 is 15.0 Å². The SMILES string of the molecule is CNC(=O)c1ccc(CN(C)C(=O)C(C)Oc2ccc(C#N)cc2)cc1. The lowest BCUT2D eigenvalue weighted by Crippen LogP contribution is -2.37. The Labute approximate surface area is 153 Å². The lowest BCUT2D eigenvalue weighted by atomic mass is 10.1. The Balaban J connectivity index is 1.95. The Morgan fingerprint density at radius 3 is 2.31 bits per heavy atom. The standard InChI is InChI=1S/C20H21N3O3/c1-14(26-18-10-6-15(12-21)7-11-18)20(25)23(3)13-16-4-8-17(9-5-16)19(24)22-2/h4-11,14H,13H2,1-3H3,(H,22,24). The Hall–Kier alpha value is -3.33. The lowest BCUT2D eigenvalue weighted by molar-refractivity contribution is -0.137. The number of hydrogen-bond acceptors (Lipinski definition) is 4. The van der Waals surface area contributed by atoms with Crippen LogP contribution in [-0.2, 0) is 11.3 Å². The maximum Gasteiger partial charge on any atom is 0.263 e. The van der Waals surface area contributed by atoms with Gasteiger partial charge in [-0.1, -0.05) is 12.1 Å². The number of nitrogens with zero attached hydrogens (tertiary/aromatic N) is 2. The largest absolute Gasteiger partial charge is 0.481 e. The van der Waals surface area contributed by atoms with Crippen molar-refractivity contribution in [3.63, 3.8) is 0 Å². The number of amides is 2. The van der Waals surface area contributed by atoms with E-state index in [-0.39, 0.29) is 11.8 Å². The Morgan fingerprint density at radius 2 is 1.77 bits per heavy atom. The summed E-state index contributed by atoms with van der Waals surface area (Å²) in [6.45, 7) is 2.10. The monoisotopic (exact) mass is 351 g/mol. The third kappa shape index (κ3) is 4.84. The van der Waals surface area contributed by atoms with Crippen molar-refractivity contribution >= 4 is 11.8 Å². The van der Waals surface area contributed by atoms with E-state index >= 15 is 0 Å². The smallest absolute Gasteiger partial charge is 0.263 e. The van der Waals surface area contributed by atoms with E-state index in [0.717, 1.165) is 5.56 Å². The first-order chi connectivity index (χ1) is 12.4. The molecule has 0 bridgehead atoms. The Kier molecular flexibility index (Phi) is 6.34. The number of carbonyl (C=O) groups is 2. The second-order valence-electron chi connectivity index (χ2n) is 5.87. The minimum atomic E-state index is -0.655. The van der Waals surface area contributed by atoms with Crippen molar-refractivity contribution in [2.75, 3.05) is 14.1 Å². The normalized spacial score (nSPS) is 11.2. The molecule has 0 radical (unpaired) electrons. The zero-order valence-corrected chi connectivity index (χ0v) is 15.0. The van der Waals surface area contributed by atoms with Crippen molar-refractivity contribution in [1.82, 2.24) is 10.2 Å². The predicted molar refractivity (Wildman–Crippen MR) is 97.6 cm³/mol. The van der Waals surface area contributed by atoms with Gasteiger partial charge >= 0.3 is 0 Å². The summed E-state index contributed by atoms with van der Waals surface area (Å²) in [5.41, 5.74) is 2.02. The van der Waals surface area contributed by atoms with Gasteiger partial charge in [0.2, 0.25) is 0 Å². The molecule has 0 spiro atoms. The van der Waals surface area contributed by atoms with Gasteiger partial charge in [-0.05, 0) is 48.9 Å². The van der Waals surface area contributed by atoms with Gasteiger partial charge in [0.05, 0.1) is 11.6 Å². The highest BCUT2D eigenvalue weighted by Crippen LogP contribution is 2.15. The highest BCUT2D eigenvalue weighted by molar-refractivity contribution is 5.93. The molecule has 2 amide bonds. The molecule has 0 fully saturated rings. The molecule has 2 aromatic carbocycles. The van der Waals surface area contributed by atoms with E-state index < -0.39 is 6.10 Å². The van der Waals surface area contributed by atoms with Crippen LogP contribution in [0.2, 0.25) is 0 Å². The molecule has 1 N–H and O–H groups in total. The first-order valence-electron chi connectivity index (χ1n) is 8.17. The molecule has 0 saturated heterocycles. The van der Waals surface area contributed by atoms with Crippen molar-refractivity contribution < 1.29 is 14.3 Å². The number of ether oxygens (including phenoxy) is 1. The van der Waals surface area contributed by atoms with Crippen LogP contribution in [0, 0.1) is 11.3 Å². The molecular weight excluding hydrogens is 330 g/mol. The van der Waals surface area contributed by atoms with Crippen molar-refractivity contribution in [2.24, 2.45) is 0 Å². The molecule has 0 aliphatic heterocycles. The summed E-state index contributed by atoms with van der Waals surface area (Å²) >= 11 is 0. The molecular formula is C20H21N3O3. The number of rotatable bonds is 6. The first kappa shape index (κ1) is 19.0. The van der Waals surface area contributed by atoms with Crippen molar-refractivity contribution in [1.29, 1.82) is 5.26 Å². The quantitative estimate of drug-likeness (QED) is 0.866. The second kappa shape index (κ2) is 8.67. The van der Waals surface area contributed by atoms with E-state index in [0.29, 0.717) is 23.4 Å². The van der Waals surface area contributed by atoms with Crippen LogP contribution >= 0.6 is 0 Å². The van der Waals surface area contributed by atoms with Crippen LogP contribution in [-0.4, -0.2) is 36.9 Å². The van der Waals surface area contributed by atoms with Crippen LogP contribution in [0.5, 0.6) is 5.75 Å². The predicted octanol–water partition coefficient (Wildman–Crippen LogP) is 2.34. The summed E-state index contributed by atoms with van der Waals surface area (Å²) < 4.78 is 5.65. The summed E-state index contributed by atoms with van der Waals surface area (Å²) in [5.74, 6) is 0.225. The Morgan fingerprint density at radius 1 is 1.15 bits per heavy atom. The van der Waals surface area contributed by atoms with E-state index in [4.69, 9.17) is 10.00 Å². The number of carbonyl (C=O) groups excluding carboxylic acids is 2. The summed E-state index contributed by atoms with van der Waals surface area (Å²) in [4.78, 5) is 25.6. The van der Waals surface area contributed by atoms with Crippen LogP contribution < -0.4 is 10.1 Å². The second-order valence-corrected chi connectivity index (χ2v) is 5.87. The topological polar surface area (TPSA) is 82.4 Å². The van der Waals surface area contributed by atoms with Crippen LogP contribution in [0.15, 0.2) is 48.5 Å². The zero-order valence-electron chi connectivity index (χ0n) is 15.0. The fraction of sp³-hybridized carbons (Fsp3) is 0.250. The van der Waals surface area contributed by atoms with Gasteiger partial charge in [-0.25, -0.2) is 0 Å². The van der Waals surface area contributed by atoms with Gasteiger partial charge in [0.25, 0.3) is 11.8 Å². The lowest BCUT2D eigenvalue weighted by Gasteiger charge is -2.22. The van der Waals surface area contributed by atoms with Crippen molar-refractivity contribution in [3.05, 3.63) is 65.2 Å². The van der Waals surface area contributed by atoms with Crippen molar-refractivity contribution in [3.8, 4) is 11.8 Å². The fourth-order valence-electron chi connectivity index (χ4n) is 2.43. The van der Waals surface area contributed by atoms with Gasteiger partial charge in [-0.3, -0.25) is 9.59 Å². The first-order valence-corrected chi connectivity index (χ1v) is 8.17.